The average Bonchev–Trinajstić information content (AvgIpc) is 2.37. The van der Waals surface area contributed by atoms with Gasteiger partial charge < -0.3 is 14.9 Å². The van der Waals surface area contributed by atoms with Gasteiger partial charge in [-0.05, 0) is 24.3 Å². The minimum atomic E-state index is -1.21. The summed E-state index contributed by atoms with van der Waals surface area (Å²) in [7, 11) is 1.05. The summed E-state index contributed by atoms with van der Waals surface area (Å²) in [6, 6.07) is 5.58. The molecule has 1 aromatic carbocycles. The lowest BCUT2D eigenvalue weighted by Gasteiger charge is -2.03. The van der Waals surface area contributed by atoms with Crippen molar-refractivity contribution < 1.29 is 29.3 Å². The summed E-state index contributed by atoms with van der Waals surface area (Å²) in [5.41, 5.74) is 0.566. The smallest absolute Gasteiger partial charge is 0.409 e. The Morgan fingerprint density at radius 1 is 1.16 bits per heavy atom. The Kier molecular flexibility index (Phi) is 4.64. The number of carboxylic acid groups (broad SMARTS) is 1. The number of nitrogens with one attached hydrogen (secondary N) is 1. The highest BCUT2D eigenvalue weighted by atomic mass is 16.5. The van der Waals surface area contributed by atoms with Crippen molar-refractivity contribution in [2.75, 3.05) is 12.4 Å². The predicted octanol–water partition coefficient (Wildman–Crippen LogP) is 1.42. The molecule has 0 saturated carbocycles. The second-order valence-electron chi connectivity index (χ2n) is 3.39. The van der Waals surface area contributed by atoms with Crippen molar-refractivity contribution in [1.82, 2.24) is 0 Å². The fourth-order valence-corrected chi connectivity index (χ4v) is 1.21. The maximum atomic E-state index is 11.2. The number of rotatable bonds is 4. The number of ketones is 1. The largest absolute Gasteiger partial charge is 0.507 e. The number of hydrogen-bond acceptors (Lipinski definition) is 5. The highest BCUT2D eigenvalue weighted by molar-refractivity contribution is 6.39. The summed E-state index contributed by atoms with van der Waals surface area (Å²) in [6.45, 7) is 0. The van der Waals surface area contributed by atoms with Crippen molar-refractivity contribution in [1.29, 1.82) is 0 Å². The quantitative estimate of drug-likeness (QED) is 0.328. The zero-order chi connectivity index (χ0) is 14.4. The van der Waals surface area contributed by atoms with Crippen LogP contribution in [0.25, 0.3) is 5.76 Å². The number of ether oxygens (including phenoxy) is 1. The molecule has 7 heteroatoms. The Balaban J connectivity index is 2.86. The summed E-state index contributed by atoms with van der Waals surface area (Å²) in [5.74, 6) is -2.50. The number of aliphatic hydroxyl groups excluding tert-OH is 1. The van der Waals surface area contributed by atoms with E-state index >= 15 is 0 Å². The maximum absolute atomic E-state index is 11.2. The number of aliphatic hydroxyl groups is 1. The molecule has 19 heavy (non-hydrogen) atoms. The third-order valence-corrected chi connectivity index (χ3v) is 2.09. The van der Waals surface area contributed by atoms with Crippen LogP contribution in [0.1, 0.15) is 5.56 Å². The van der Waals surface area contributed by atoms with E-state index < -0.39 is 23.6 Å². The van der Waals surface area contributed by atoms with Crippen molar-refractivity contribution in [3.63, 3.8) is 0 Å². The molecule has 100 valence electrons. The Bertz CT molecular complexity index is 532. The Morgan fingerprint density at radius 3 is 2.21 bits per heavy atom. The first-order chi connectivity index (χ1) is 8.93. The summed E-state index contributed by atoms with van der Waals surface area (Å²) >= 11 is 0. The molecule has 3 N–H and O–H groups in total. The number of anilines is 1. The topological polar surface area (TPSA) is 113 Å². The molecule has 7 nitrogen and oxygen atoms in total. The van der Waals surface area contributed by atoms with E-state index in [1.54, 1.807) is 0 Å². The molecule has 0 heterocycles. The number of hydrogen-bond donors (Lipinski definition) is 3. The summed E-state index contributed by atoms with van der Waals surface area (Å²) in [6.07, 6.45) is -0.487. The van der Waals surface area contributed by atoms with Crippen LogP contribution >= 0.6 is 0 Å². The zero-order valence-electron chi connectivity index (χ0n) is 9.91. The number of methoxy groups -OCH3 is 1. The Hall–Kier alpha value is -2.83. The van der Waals surface area contributed by atoms with Crippen LogP contribution in [0, 0.1) is 0 Å². The fourth-order valence-electron chi connectivity index (χ4n) is 1.21. The van der Waals surface area contributed by atoms with Crippen molar-refractivity contribution in [2.45, 2.75) is 0 Å². The highest BCUT2D eigenvalue weighted by Crippen LogP contribution is 2.15. The monoisotopic (exact) mass is 265 g/mol. The molecule has 0 aliphatic heterocycles. The van der Waals surface area contributed by atoms with Gasteiger partial charge in [0.2, 0.25) is 0 Å². The normalized spacial score (nSPS) is 10.7. The molecule has 0 aliphatic carbocycles. The highest BCUT2D eigenvalue weighted by Gasteiger charge is 2.12. The van der Waals surface area contributed by atoms with Gasteiger partial charge in [0.05, 0.1) is 7.11 Å². The van der Waals surface area contributed by atoms with Crippen LogP contribution in [0.2, 0.25) is 0 Å². The fraction of sp³-hybridized carbons (Fsp3) is 0.0833. The lowest BCUT2D eigenvalue weighted by atomic mass is 10.1. The van der Waals surface area contributed by atoms with E-state index in [1.165, 1.54) is 24.3 Å². The van der Waals surface area contributed by atoms with E-state index in [0.717, 1.165) is 13.2 Å². The average molecular weight is 265 g/mol. The van der Waals surface area contributed by atoms with Crippen molar-refractivity contribution in [2.24, 2.45) is 0 Å². The van der Waals surface area contributed by atoms with Gasteiger partial charge in [-0.3, -0.25) is 10.1 Å². The minimum absolute atomic E-state index is 0.258. The van der Waals surface area contributed by atoms with Crippen LogP contribution < -0.4 is 5.32 Å². The molecule has 0 saturated heterocycles. The maximum Gasteiger partial charge on any atom is 0.409 e. The molecular formula is C12H11NO6. The van der Waals surface area contributed by atoms with E-state index in [-0.39, 0.29) is 5.56 Å². The molecular weight excluding hydrogens is 254 g/mol. The van der Waals surface area contributed by atoms with E-state index in [0.29, 0.717) is 5.69 Å². The van der Waals surface area contributed by atoms with Gasteiger partial charge in [0.25, 0.3) is 5.78 Å². The van der Waals surface area contributed by atoms with Crippen LogP contribution in [-0.4, -0.2) is 35.2 Å². The second-order valence-corrected chi connectivity index (χ2v) is 3.39. The van der Waals surface area contributed by atoms with Crippen molar-refractivity contribution in [3.8, 4) is 0 Å². The molecule has 0 atom stereocenters. The first-order valence-corrected chi connectivity index (χ1v) is 5.07. The van der Waals surface area contributed by atoms with E-state index in [1.807, 2.05) is 0 Å². The lowest BCUT2D eigenvalue weighted by Crippen LogP contribution is -2.13. The van der Waals surface area contributed by atoms with Crippen LogP contribution in [0.5, 0.6) is 0 Å². The molecule has 1 amide bonds. The van der Waals surface area contributed by atoms with Crippen molar-refractivity contribution >= 4 is 29.3 Å². The summed E-state index contributed by atoms with van der Waals surface area (Å²) in [4.78, 5) is 32.4. The molecule has 0 bridgehead atoms. The molecule has 1 rings (SSSR count). The number of carbonyl (C=O) groups excluding carboxylic acids is 2. The number of esters is 1. The van der Waals surface area contributed by atoms with Gasteiger partial charge in [-0.25, -0.2) is 9.59 Å². The molecule has 0 radical (unpaired) electrons. The van der Waals surface area contributed by atoms with E-state index in [9.17, 15) is 19.5 Å². The van der Waals surface area contributed by atoms with Gasteiger partial charge in [0, 0.05) is 17.3 Å². The zero-order valence-corrected chi connectivity index (χ0v) is 9.91. The van der Waals surface area contributed by atoms with Crippen LogP contribution in [-0.2, 0) is 14.3 Å². The number of amides is 1. The molecule has 0 spiro atoms. The van der Waals surface area contributed by atoms with E-state index in [2.05, 4.69) is 10.1 Å². The van der Waals surface area contributed by atoms with Gasteiger partial charge in [0.15, 0.2) is 0 Å². The minimum Gasteiger partial charge on any atom is -0.507 e. The second kappa shape index (κ2) is 6.20. The number of carbonyl (C=O) groups is 3. The standard InChI is InChI=1S/C12H11NO6/c1-19-11(16)10(15)6-9(14)7-2-4-8(5-3-7)13-12(17)18/h2-6,13-14H,1H3,(H,17,18)/b9-6-. The van der Waals surface area contributed by atoms with Gasteiger partial charge in [0.1, 0.15) is 5.76 Å². The molecule has 1 aromatic rings. The van der Waals surface area contributed by atoms with Gasteiger partial charge in [-0.15, -0.1) is 0 Å². The predicted molar refractivity (Wildman–Crippen MR) is 65.7 cm³/mol. The third-order valence-electron chi connectivity index (χ3n) is 2.09. The van der Waals surface area contributed by atoms with Crippen molar-refractivity contribution in [3.05, 3.63) is 35.9 Å². The molecule has 0 fully saturated rings. The van der Waals surface area contributed by atoms with Gasteiger partial charge in [-0.1, -0.05) is 0 Å². The summed E-state index contributed by atoms with van der Waals surface area (Å²) in [5, 5.41) is 20.2. The van der Waals surface area contributed by atoms with Crippen LogP contribution in [0.3, 0.4) is 0 Å². The third kappa shape index (κ3) is 4.15. The van der Waals surface area contributed by atoms with E-state index in [4.69, 9.17) is 5.11 Å². The summed E-state index contributed by atoms with van der Waals surface area (Å²) < 4.78 is 4.19. The molecule has 0 unspecified atom stereocenters. The van der Waals surface area contributed by atoms with Crippen LogP contribution in [0.4, 0.5) is 10.5 Å². The first-order valence-electron chi connectivity index (χ1n) is 5.07. The Morgan fingerprint density at radius 2 is 1.74 bits per heavy atom. The molecule has 0 aromatic heterocycles. The number of benzene rings is 1. The van der Waals surface area contributed by atoms with Gasteiger partial charge in [-0.2, -0.15) is 0 Å². The lowest BCUT2D eigenvalue weighted by molar-refractivity contribution is -0.149. The van der Waals surface area contributed by atoms with Gasteiger partial charge >= 0.3 is 12.1 Å². The Labute approximate surface area is 108 Å². The van der Waals surface area contributed by atoms with Crippen LogP contribution in [0.15, 0.2) is 30.3 Å². The SMILES string of the molecule is COC(=O)C(=O)/C=C(\O)c1ccc(NC(=O)O)cc1. The molecule has 0 aliphatic rings. The first kappa shape index (κ1) is 14.2.